The molecule has 0 radical (unpaired) electrons. The molecule has 6 unspecified atom stereocenters. The number of Topliss-reactive ketones (excluding diaryl/α,β-unsaturated/α-hetero) is 2. The van der Waals surface area contributed by atoms with Gasteiger partial charge in [0.05, 0.1) is 23.6 Å². The number of aromatic hydroxyl groups is 1. The van der Waals surface area contributed by atoms with E-state index in [-0.39, 0.29) is 23.7 Å². The second kappa shape index (κ2) is 7.84. The fraction of sp³-hybridized carbons (Fsp3) is 0.409. The average Bonchev–Trinajstić information content (AvgIpc) is 2.70. The van der Waals surface area contributed by atoms with E-state index in [1.54, 1.807) is 19.1 Å². The lowest BCUT2D eigenvalue weighted by atomic mass is 9.54. The van der Waals surface area contributed by atoms with Gasteiger partial charge in [-0.25, -0.2) is 0 Å². The Morgan fingerprint density at radius 1 is 1.15 bits per heavy atom. The van der Waals surface area contributed by atoms with Crippen LogP contribution in [-0.2, 0) is 14.4 Å². The largest absolute Gasteiger partial charge is 0.508 e. The molecule has 3 aliphatic rings. The number of primary amides is 1. The van der Waals surface area contributed by atoms with Gasteiger partial charge in [-0.3, -0.25) is 19.3 Å². The predicted octanol–water partition coefficient (Wildman–Crippen LogP) is -0.0824. The van der Waals surface area contributed by atoms with E-state index in [1.165, 1.54) is 25.1 Å². The van der Waals surface area contributed by atoms with Gasteiger partial charge in [0.15, 0.2) is 11.4 Å². The summed E-state index contributed by atoms with van der Waals surface area (Å²) in [6, 6.07) is 3.13. The molecule has 0 aliphatic heterocycles. The van der Waals surface area contributed by atoms with Crippen molar-refractivity contribution in [3.8, 4) is 5.75 Å². The molecular weight excluding hydrogens is 456 g/mol. The zero-order valence-electron chi connectivity index (χ0n) is 18.0. The smallest absolute Gasteiger partial charge is 0.255 e. The van der Waals surface area contributed by atoms with E-state index >= 15 is 0 Å². The highest BCUT2D eigenvalue weighted by atomic mass is 35.5. The number of amides is 1. The molecule has 1 saturated carbocycles. The minimum absolute atomic E-state index is 0. The summed E-state index contributed by atoms with van der Waals surface area (Å²) in [6.07, 6.45) is -1.59. The van der Waals surface area contributed by atoms with Crippen molar-refractivity contribution in [1.82, 2.24) is 4.90 Å². The number of aliphatic hydroxyl groups excluding tert-OH is 3. The molecule has 7 N–H and O–H groups in total. The summed E-state index contributed by atoms with van der Waals surface area (Å²) in [5.41, 5.74) is 1.47. The summed E-state index contributed by atoms with van der Waals surface area (Å²) in [7, 11) is 2.92. The zero-order chi connectivity index (χ0) is 23.9. The molecule has 10 nitrogen and oxygen atoms in total. The highest BCUT2D eigenvalue weighted by molar-refractivity contribution is 6.24. The lowest BCUT2D eigenvalue weighted by Gasteiger charge is -2.53. The number of halogens is 1. The highest BCUT2D eigenvalue weighted by Gasteiger charge is 2.68. The molecule has 4 rings (SSSR count). The van der Waals surface area contributed by atoms with Crippen LogP contribution >= 0.6 is 12.4 Å². The summed E-state index contributed by atoms with van der Waals surface area (Å²) in [5, 5.41) is 54.9. The molecule has 0 bridgehead atoms. The Bertz CT molecular complexity index is 1140. The van der Waals surface area contributed by atoms with Gasteiger partial charge in [0.1, 0.15) is 22.8 Å². The third-order valence-corrected chi connectivity index (χ3v) is 6.99. The van der Waals surface area contributed by atoms with Crippen molar-refractivity contribution in [1.29, 1.82) is 0 Å². The van der Waals surface area contributed by atoms with Crippen LogP contribution in [0.5, 0.6) is 5.75 Å². The molecule has 0 saturated heterocycles. The summed E-state index contributed by atoms with van der Waals surface area (Å²) < 4.78 is 0. The maximum Gasteiger partial charge on any atom is 0.255 e. The molecule has 0 heterocycles. The Hall–Kier alpha value is -2.92. The fourth-order valence-electron chi connectivity index (χ4n) is 5.58. The van der Waals surface area contributed by atoms with Crippen LogP contribution in [0.3, 0.4) is 0 Å². The van der Waals surface area contributed by atoms with Crippen LogP contribution in [0.1, 0.15) is 24.0 Å². The summed E-state index contributed by atoms with van der Waals surface area (Å²) in [6.45, 7) is 1.68. The van der Waals surface area contributed by atoms with Crippen LogP contribution in [0.4, 0.5) is 0 Å². The van der Waals surface area contributed by atoms with E-state index in [9.17, 15) is 39.9 Å². The number of likely N-dealkylation sites (N-methyl/N-ethyl adjacent to an activating group) is 1. The lowest BCUT2D eigenvalue weighted by molar-refractivity contribution is -0.169. The standard InChI is InChI=1S/C22H24N2O8.ClH/c1-7-8-5-4-6-9(25)11(8)16(26)12-10(7)17(27)14-15(24(2)3)18(28)13(21(23)31)20(30)22(14,32)19(12)29;/h4-7,10,14-15,17,25-27,30,32H,1-3H3,(H2,23,31);1H. The van der Waals surface area contributed by atoms with Crippen molar-refractivity contribution in [2.75, 3.05) is 14.1 Å². The molecule has 1 fully saturated rings. The number of hydrogen-bond donors (Lipinski definition) is 6. The van der Waals surface area contributed by atoms with E-state index in [1.807, 2.05) is 0 Å². The van der Waals surface area contributed by atoms with Crippen LogP contribution in [0.25, 0.3) is 5.76 Å². The molecule has 1 aromatic rings. The van der Waals surface area contributed by atoms with Gasteiger partial charge >= 0.3 is 0 Å². The normalized spacial score (nSPS) is 33.3. The SMILES string of the molecule is CC1c2cccc(O)c2C(O)=C2C(=O)C3(O)C(O)=C(C(N)=O)C(=O)C(N(C)C)C3C(O)C21.Cl. The predicted molar refractivity (Wildman–Crippen MR) is 118 cm³/mol. The van der Waals surface area contributed by atoms with Gasteiger partial charge in [0.25, 0.3) is 5.91 Å². The Labute approximate surface area is 195 Å². The number of nitrogens with two attached hydrogens (primary N) is 1. The molecular formula is C22H25ClN2O8. The van der Waals surface area contributed by atoms with E-state index in [0.29, 0.717) is 5.56 Å². The first kappa shape index (κ1) is 24.7. The number of fused-ring (bicyclic) bond motifs is 3. The van der Waals surface area contributed by atoms with Gasteiger partial charge < -0.3 is 31.3 Å². The van der Waals surface area contributed by atoms with Crippen molar-refractivity contribution in [2.45, 2.75) is 30.6 Å². The number of ketones is 2. The van der Waals surface area contributed by atoms with Gasteiger partial charge in [-0.05, 0) is 31.6 Å². The van der Waals surface area contributed by atoms with E-state index in [2.05, 4.69) is 0 Å². The number of rotatable bonds is 2. The molecule has 0 aromatic heterocycles. The van der Waals surface area contributed by atoms with Gasteiger partial charge in [-0.15, -0.1) is 12.4 Å². The topological polar surface area (TPSA) is 182 Å². The Balaban J connectivity index is 0.00000306. The maximum atomic E-state index is 13.7. The number of carbonyl (C=O) groups is 3. The quantitative estimate of drug-likeness (QED) is 0.315. The second-order valence-corrected chi connectivity index (χ2v) is 8.79. The molecule has 178 valence electrons. The van der Waals surface area contributed by atoms with Crippen LogP contribution in [-0.4, -0.2) is 79.7 Å². The van der Waals surface area contributed by atoms with E-state index < -0.39 is 75.6 Å². The molecule has 1 amide bonds. The first-order chi connectivity index (χ1) is 14.9. The minimum Gasteiger partial charge on any atom is -0.508 e. The number of benzene rings is 1. The highest BCUT2D eigenvalue weighted by Crippen LogP contribution is 2.55. The number of nitrogens with zero attached hydrogens (tertiary/aromatic N) is 1. The molecule has 11 heteroatoms. The van der Waals surface area contributed by atoms with Crippen molar-refractivity contribution in [3.05, 3.63) is 46.2 Å². The number of hydrogen-bond acceptors (Lipinski definition) is 9. The summed E-state index contributed by atoms with van der Waals surface area (Å²) in [4.78, 5) is 40.0. The van der Waals surface area contributed by atoms with Crippen molar-refractivity contribution >= 4 is 35.6 Å². The Kier molecular flexibility index (Phi) is 5.87. The Morgan fingerprint density at radius 3 is 2.30 bits per heavy atom. The second-order valence-electron chi connectivity index (χ2n) is 8.79. The van der Waals surface area contributed by atoms with Crippen LogP contribution in [0, 0.1) is 11.8 Å². The number of phenols is 1. The monoisotopic (exact) mass is 480 g/mol. The van der Waals surface area contributed by atoms with E-state index in [0.717, 1.165) is 0 Å². The lowest BCUT2D eigenvalue weighted by Crippen LogP contribution is -2.70. The fourth-order valence-corrected chi connectivity index (χ4v) is 5.58. The van der Waals surface area contributed by atoms with Gasteiger partial charge in [-0.2, -0.15) is 0 Å². The molecule has 33 heavy (non-hydrogen) atoms. The third-order valence-electron chi connectivity index (χ3n) is 6.99. The van der Waals surface area contributed by atoms with Crippen molar-refractivity contribution in [2.24, 2.45) is 17.6 Å². The van der Waals surface area contributed by atoms with Gasteiger partial charge in [-0.1, -0.05) is 19.1 Å². The van der Waals surface area contributed by atoms with Crippen molar-refractivity contribution in [3.63, 3.8) is 0 Å². The third kappa shape index (κ3) is 2.95. The molecule has 1 aromatic carbocycles. The number of phenolic OH excluding ortho intramolecular Hbond substituents is 1. The Morgan fingerprint density at radius 2 is 1.76 bits per heavy atom. The number of aliphatic hydroxyl groups is 4. The van der Waals surface area contributed by atoms with Crippen LogP contribution < -0.4 is 5.73 Å². The van der Waals surface area contributed by atoms with Crippen LogP contribution in [0.2, 0.25) is 0 Å². The maximum absolute atomic E-state index is 13.7. The first-order valence-corrected chi connectivity index (χ1v) is 10.0. The van der Waals surface area contributed by atoms with E-state index in [4.69, 9.17) is 5.73 Å². The minimum atomic E-state index is -2.89. The first-order valence-electron chi connectivity index (χ1n) is 10.0. The molecule has 3 aliphatic carbocycles. The number of carbonyl (C=O) groups excluding carboxylic acids is 3. The molecule has 6 atom stereocenters. The van der Waals surface area contributed by atoms with Crippen molar-refractivity contribution < 1.29 is 39.9 Å². The van der Waals surface area contributed by atoms with Gasteiger partial charge in [0.2, 0.25) is 5.78 Å². The van der Waals surface area contributed by atoms with Gasteiger partial charge in [0, 0.05) is 11.5 Å². The summed E-state index contributed by atoms with van der Waals surface area (Å²) in [5.74, 6) is -8.87. The molecule has 0 spiro atoms. The zero-order valence-corrected chi connectivity index (χ0v) is 18.8. The van der Waals surface area contributed by atoms with Crippen LogP contribution in [0.15, 0.2) is 35.1 Å². The average molecular weight is 481 g/mol. The summed E-state index contributed by atoms with van der Waals surface area (Å²) >= 11 is 0.